The second kappa shape index (κ2) is 11.4. The second-order valence-corrected chi connectivity index (χ2v) is 8.90. The molecule has 1 aliphatic heterocycles. The highest BCUT2D eigenvalue weighted by atomic mass is 16.5. The van der Waals surface area contributed by atoms with E-state index in [1.54, 1.807) is 24.8 Å². The Hall–Kier alpha value is -4.26. The first kappa shape index (κ1) is 26.8. The van der Waals surface area contributed by atoms with Crippen LogP contribution in [0.15, 0.2) is 71.4 Å². The van der Waals surface area contributed by atoms with Gasteiger partial charge in [0.05, 0.1) is 31.0 Å². The van der Waals surface area contributed by atoms with Crippen LogP contribution < -0.4 is 14.4 Å². The second-order valence-electron chi connectivity index (χ2n) is 8.90. The first-order chi connectivity index (χ1) is 18.3. The number of anilines is 1. The van der Waals surface area contributed by atoms with Gasteiger partial charge in [0, 0.05) is 28.5 Å². The van der Waals surface area contributed by atoms with Gasteiger partial charge in [-0.1, -0.05) is 0 Å². The molecule has 0 N–H and O–H groups in total. The lowest BCUT2D eigenvalue weighted by atomic mass is 10.0. The molecule has 0 aliphatic carbocycles. The standard InChI is InChI=1S/C31H34N2O5/c1-7-36-26-14-10-24(11-15-26)32-20(4)18-23(21(32)5)19-28-29(31(35)38-9-3)22(6)33(30(28)34)25-12-16-27(17-13-25)37-8-2/h10-19H,7-9H2,1-6H3/b28-19-. The monoisotopic (exact) mass is 514 g/mol. The number of hydrogen-bond acceptors (Lipinski definition) is 5. The highest BCUT2D eigenvalue weighted by Crippen LogP contribution is 2.37. The molecule has 0 saturated carbocycles. The van der Waals surface area contributed by atoms with Crippen molar-refractivity contribution in [1.82, 2.24) is 4.57 Å². The predicted octanol–water partition coefficient (Wildman–Crippen LogP) is 6.16. The van der Waals surface area contributed by atoms with Crippen LogP contribution in [-0.4, -0.2) is 36.3 Å². The molecular weight excluding hydrogens is 480 g/mol. The third kappa shape index (κ3) is 5.09. The average molecular weight is 515 g/mol. The molecule has 1 aliphatic rings. The average Bonchev–Trinajstić information content (AvgIpc) is 3.31. The third-order valence-corrected chi connectivity index (χ3v) is 6.46. The highest BCUT2D eigenvalue weighted by Gasteiger charge is 2.38. The van der Waals surface area contributed by atoms with Gasteiger partial charge in [0.15, 0.2) is 0 Å². The minimum atomic E-state index is -0.515. The van der Waals surface area contributed by atoms with Gasteiger partial charge < -0.3 is 18.8 Å². The zero-order chi connectivity index (χ0) is 27.4. The highest BCUT2D eigenvalue weighted by molar-refractivity contribution is 6.23. The third-order valence-electron chi connectivity index (χ3n) is 6.46. The number of aryl methyl sites for hydroxylation is 1. The number of carbonyl (C=O) groups excluding carboxylic acids is 2. The van der Waals surface area contributed by atoms with Gasteiger partial charge in [-0.3, -0.25) is 9.69 Å². The molecule has 0 spiro atoms. The molecular formula is C31H34N2O5. The van der Waals surface area contributed by atoms with E-state index in [4.69, 9.17) is 14.2 Å². The van der Waals surface area contributed by atoms with E-state index in [1.807, 2.05) is 82.3 Å². The van der Waals surface area contributed by atoms with E-state index in [9.17, 15) is 9.59 Å². The Balaban J connectivity index is 1.77. The van der Waals surface area contributed by atoms with Crippen molar-refractivity contribution in [3.05, 3.63) is 88.4 Å². The van der Waals surface area contributed by atoms with Crippen LogP contribution in [0.5, 0.6) is 11.5 Å². The van der Waals surface area contributed by atoms with Crippen LogP contribution in [-0.2, 0) is 14.3 Å². The summed E-state index contributed by atoms with van der Waals surface area (Å²) >= 11 is 0. The van der Waals surface area contributed by atoms with Crippen LogP contribution in [0.2, 0.25) is 0 Å². The van der Waals surface area contributed by atoms with E-state index < -0.39 is 5.97 Å². The lowest BCUT2D eigenvalue weighted by molar-refractivity contribution is -0.138. The Bertz CT molecular complexity index is 1400. The molecule has 0 radical (unpaired) electrons. The zero-order valence-corrected chi connectivity index (χ0v) is 22.8. The van der Waals surface area contributed by atoms with Crippen LogP contribution >= 0.6 is 0 Å². The molecule has 2 aromatic carbocycles. The Labute approximate surface area is 223 Å². The topological polar surface area (TPSA) is 70.0 Å². The number of aromatic nitrogens is 1. The summed E-state index contributed by atoms with van der Waals surface area (Å²) < 4.78 is 18.6. The number of amides is 1. The zero-order valence-electron chi connectivity index (χ0n) is 22.8. The molecule has 7 heteroatoms. The molecule has 0 atom stereocenters. The molecule has 1 amide bonds. The summed E-state index contributed by atoms with van der Waals surface area (Å²) in [5.41, 5.74) is 5.56. The Kier molecular flexibility index (Phi) is 8.05. The lowest BCUT2D eigenvalue weighted by Crippen LogP contribution is -2.24. The van der Waals surface area contributed by atoms with Crippen molar-refractivity contribution in [3.63, 3.8) is 0 Å². The van der Waals surface area contributed by atoms with E-state index in [0.717, 1.165) is 28.4 Å². The minimum absolute atomic E-state index is 0.215. The van der Waals surface area contributed by atoms with Crippen molar-refractivity contribution < 1.29 is 23.8 Å². The van der Waals surface area contributed by atoms with Crippen molar-refractivity contribution >= 4 is 23.6 Å². The first-order valence-corrected chi connectivity index (χ1v) is 12.9. The van der Waals surface area contributed by atoms with Gasteiger partial charge in [0.2, 0.25) is 0 Å². The molecule has 3 aromatic rings. The minimum Gasteiger partial charge on any atom is -0.494 e. The molecule has 198 valence electrons. The van der Waals surface area contributed by atoms with E-state index in [2.05, 4.69) is 4.57 Å². The Morgan fingerprint density at radius 3 is 1.89 bits per heavy atom. The van der Waals surface area contributed by atoms with Crippen LogP contribution in [0.3, 0.4) is 0 Å². The predicted molar refractivity (Wildman–Crippen MR) is 149 cm³/mol. The Morgan fingerprint density at radius 1 is 0.816 bits per heavy atom. The van der Waals surface area contributed by atoms with Gasteiger partial charge in [-0.05, 0) is 108 Å². The maximum Gasteiger partial charge on any atom is 0.340 e. The van der Waals surface area contributed by atoms with Gasteiger partial charge in [-0.2, -0.15) is 0 Å². The summed E-state index contributed by atoms with van der Waals surface area (Å²) in [4.78, 5) is 28.4. The van der Waals surface area contributed by atoms with Gasteiger partial charge in [0.25, 0.3) is 5.91 Å². The molecule has 4 rings (SSSR count). The normalized spacial score (nSPS) is 14.4. The summed E-state index contributed by atoms with van der Waals surface area (Å²) in [5, 5.41) is 0. The molecule has 0 bridgehead atoms. The summed E-state index contributed by atoms with van der Waals surface area (Å²) in [5.74, 6) is 0.734. The molecule has 7 nitrogen and oxygen atoms in total. The van der Waals surface area contributed by atoms with Crippen LogP contribution in [0, 0.1) is 13.8 Å². The number of hydrogen-bond donors (Lipinski definition) is 0. The van der Waals surface area contributed by atoms with Crippen molar-refractivity contribution in [2.75, 3.05) is 24.7 Å². The Morgan fingerprint density at radius 2 is 1.37 bits per heavy atom. The van der Waals surface area contributed by atoms with Crippen LogP contribution in [0.1, 0.15) is 44.6 Å². The maximum absolute atomic E-state index is 13.8. The SMILES string of the molecule is CCOC(=O)C1=C(C)N(c2ccc(OCC)cc2)C(=O)/C1=C\c1cc(C)n(-c2ccc(OCC)cc2)c1C. The van der Waals surface area contributed by atoms with Crippen molar-refractivity contribution in [3.8, 4) is 17.2 Å². The molecule has 1 aromatic heterocycles. The lowest BCUT2D eigenvalue weighted by Gasteiger charge is -2.18. The molecule has 2 heterocycles. The van der Waals surface area contributed by atoms with Crippen molar-refractivity contribution in [2.45, 2.75) is 41.5 Å². The smallest absolute Gasteiger partial charge is 0.340 e. The van der Waals surface area contributed by atoms with Crippen LogP contribution in [0.4, 0.5) is 5.69 Å². The quantitative estimate of drug-likeness (QED) is 0.253. The number of nitrogens with zero attached hydrogens (tertiary/aromatic N) is 2. The van der Waals surface area contributed by atoms with Gasteiger partial charge in [-0.15, -0.1) is 0 Å². The van der Waals surface area contributed by atoms with Gasteiger partial charge in [0.1, 0.15) is 11.5 Å². The molecule has 0 fully saturated rings. The summed E-state index contributed by atoms with van der Waals surface area (Å²) in [6, 6.07) is 17.2. The largest absolute Gasteiger partial charge is 0.494 e. The van der Waals surface area contributed by atoms with E-state index in [1.165, 1.54) is 0 Å². The van der Waals surface area contributed by atoms with E-state index >= 15 is 0 Å². The van der Waals surface area contributed by atoms with Gasteiger partial charge >= 0.3 is 5.97 Å². The first-order valence-electron chi connectivity index (χ1n) is 12.9. The molecule has 38 heavy (non-hydrogen) atoms. The van der Waals surface area contributed by atoms with E-state index in [-0.39, 0.29) is 18.1 Å². The van der Waals surface area contributed by atoms with Crippen LogP contribution in [0.25, 0.3) is 11.8 Å². The molecule has 0 saturated heterocycles. The summed E-state index contributed by atoms with van der Waals surface area (Å²) in [6.45, 7) is 12.8. The van der Waals surface area contributed by atoms with Gasteiger partial charge in [-0.25, -0.2) is 4.79 Å². The van der Waals surface area contributed by atoms with Crippen molar-refractivity contribution in [2.24, 2.45) is 0 Å². The summed E-state index contributed by atoms with van der Waals surface area (Å²) in [7, 11) is 0. The fourth-order valence-corrected chi connectivity index (χ4v) is 4.79. The fraction of sp³-hybridized carbons (Fsp3) is 0.290. The number of rotatable bonds is 9. The molecule has 0 unspecified atom stereocenters. The fourth-order valence-electron chi connectivity index (χ4n) is 4.79. The maximum atomic E-state index is 13.8. The number of allylic oxidation sites excluding steroid dienone is 1. The number of esters is 1. The van der Waals surface area contributed by atoms with E-state index in [0.29, 0.717) is 35.9 Å². The van der Waals surface area contributed by atoms with Crippen molar-refractivity contribution in [1.29, 1.82) is 0 Å². The number of benzene rings is 2. The number of ether oxygens (including phenoxy) is 3. The summed E-state index contributed by atoms with van der Waals surface area (Å²) in [6.07, 6.45) is 1.79. The number of carbonyl (C=O) groups is 2.